The second kappa shape index (κ2) is 4.36. The molecule has 0 aliphatic heterocycles. The van der Waals surface area contributed by atoms with Gasteiger partial charge in [0.1, 0.15) is 12.4 Å². The summed E-state index contributed by atoms with van der Waals surface area (Å²) in [6.07, 6.45) is 0. The van der Waals surface area contributed by atoms with Crippen LogP contribution in [0.4, 0.5) is 0 Å². The molecular weight excluding hydrogens is 160 g/mol. The van der Waals surface area contributed by atoms with E-state index in [1.165, 1.54) is 4.88 Å². The van der Waals surface area contributed by atoms with Gasteiger partial charge in [0.25, 0.3) is 0 Å². The van der Waals surface area contributed by atoms with Gasteiger partial charge in [0, 0.05) is 12.0 Å². The Morgan fingerprint density at radius 1 is 1.45 bits per heavy atom. The van der Waals surface area contributed by atoms with Crippen LogP contribution in [0.5, 0.6) is 5.75 Å². The molecule has 62 valence electrons. The smallest absolute Gasteiger partial charge is 0.132 e. The second-order valence-electron chi connectivity index (χ2n) is 2.18. The minimum absolute atomic E-state index is 0.633. The molecule has 0 atom stereocenters. The summed E-state index contributed by atoms with van der Waals surface area (Å²) < 4.78 is 10.3. The maximum absolute atomic E-state index is 5.40. The highest BCUT2D eigenvalue weighted by Gasteiger charge is 1.98. The van der Waals surface area contributed by atoms with Crippen LogP contribution in [-0.2, 0) is 4.74 Å². The summed E-state index contributed by atoms with van der Waals surface area (Å²) in [6.45, 7) is 3.33. The number of methoxy groups -OCH3 is 1. The van der Waals surface area contributed by atoms with E-state index in [2.05, 4.69) is 0 Å². The summed E-state index contributed by atoms with van der Waals surface area (Å²) in [5.41, 5.74) is 0. The Morgan fingerprint density at radius 2 is 2.27 bits per heavy atom. The average Bonchev–Trinajstić information content (AvgIpc) is 2.37. The summed E-state index contributed by atoms with van der Waals surface area (Å²) >= 11 is 1.70. The van der Waals surface area contributed by atoms with Gasteiger partial charge in [-0.2, -0.15) is 0 Å². The highest BCUT2D eigenvalue weighted by atomic mass is 32.1. The SMILES string of the molecule is COCCOc1ccsc1C. The standard InChI is InChI=1S/C8H12O2S/c1-7-8(3-6-11-7)10-5-4-9-2/h3,6H,4-5H2,1-2H3. The summed E-state index contributed by atoms with van der Waals surface area (Å²) in [7, 11) is 1.67. The fourth-order valence-corrected chi connectivity index (χ4v) is 1.40. The Labute approximate surface area is 70.8 Å². The molecule has 0 aliphatic rings. The van der Waals surface area contributed by atoms with Gasteiger partial charge in [-0.15, -0.1) is 11.3 Å². The van der Waals surface area contributed by atoms with E-state index in [0.717, 1.165) is 5.75 Å². The maximum atomic E-state index is 5.40. The van der Waals surface area contributed by atoms with Gasteiger partial charge in [-0.25, -0.2) is 0 Å². The molecule has 0 saturated heterocycles. The van der Waals surface area contributed by atoms with Crippen molar-refractivity contribution in [1.82, 2.24) is 0 Å². The lowest BCUT2D eigenvalue weighted by atomic mass is 10.5. The van der Waals surface area contributed by atoms with Gasteiger partial charge in [-0.3, -0.25) is 0 Å². The fourth-order valence-electron chi connectivity index (χ4n) is 0.758. The third-order valence-corrected chi connectivity index (χ3v) is 2.18. The Balaban J connectivity index is 2.32. The van der Waals surface area contributed by atoms with Crippen LogP contribution in [0, 0.1) is 6.92 Å². The molecule has 1 aromatic heterocycles. The van der Waals surface area contributed by atoms with E-state index in [1.54, 1.807) is 18.4 Å². The van der Waals surface area contributed by atoms with E-state index in [0.29, 0.717) is 13.2 Å². The van der Waals surface area contributed by atoms with Crippen LogP contribution < -0.4 is 4.74 Å². The fraction of sp³-hybridized carbons (Fsp3) is 0.500. The number of hydrogen-bond acceptors (Lipinski definition) is 3. The van der Waals surface area contributed by atoms with Crippen molar-refractivity contribution >= 4 is 11.3 Å². The summed E-state index contributed by atoms with van der Waals surface area (Å²) in [6, 6.07) is 1.98. The molecule has 0 unspecified atom stereocenters. The average molecular weight is 172 g/mol. The van der Waals surface area contributed by atoms with E-state index < -0.39 is 0 Å². The largest absolute Gasteiger partial charge is 0.490 e. The van der Waals surface area contributed by atoms with Crippen LogP contribution in [0.25, 0.3) is 0 Å². The molecule has 0 amide bonds. The lowest BCUT2D eigenvalue weighted by Gasteiger charge is -2.02. The third-order valence-electron chi connectivity index (χ3n) is 1.36. The van der Waals surface area contributed by atoms with Crippen molar-refractivity contribution in [2.45, 2.75) is 6.92 Å². The summed E-state index contributed by atoms with van der Waals surface area (Å²) in [5, 5.41) is 2.03. The second-order valence-corrected chi connectivity index (χ2v) is 3.30. The predicted molar refractivity (Wildman–Crippen MR) is 46.4 cm³/mol. The zero-order valence-electron chi connectivity index (χ0n) is 6.79. The Morgan fingerprint density at radius 3 is 2.82 bits per heavy atom. The number of hydrogen-bond donors (Lipinski definition) is 0. The normalized spacial score (nSPS) is 10.0. The molecule has 0 fully saturated rings. The van der Waals surface area contributed by atoms with E-state index in [9.17, 15) is 0 Å². The Hall–Kier alpha value is -0.540. The van der Waals surface area contributed by atoms with Crippen LogP contribution in [0.3, 0.4) is 0 Å². The van der Waals surface area contributed by atoms with Crippen LogP contribution in [0.2, 0.25) is 0 Å². The topological polar surface area (TPSA) is 18.5 Å². The molecular formula is C8H12O2S. The molecule has 1 rings (SSSR count). The predicted octanol–water partition coefficient (Wildman–Crippen LogP) is 2.08. The van der Waals surface area contributed by atoms with Gasteiger partial charge in [-0.1, -0.05) is 0 Å². The highest BCUT2D eigenvalue weighted by Crippen LogP contribution is 2.22. The molecule has 11 heavy (non-hydrogen) atoms. The molecule has 0 bridgehead atoms. The van der Waals surface area contributed by atoms with Gasteiger partial charge >= 0.3 is 0 Å². The first-order chi connectivity index (χ1) is 5.34. The van der Waals surface area contributed by atoms with Crippen molar-refractivity contribution in [1.29, 1.82) is 0 Å². The zero-order chi connectivity index (χ0) is 8.10. The van der Waals surface area contributed by atoms with Gasteiger partial charge in [-0.05, 0) is 18.4 Å². The highest BCUT2D eigenvalue weighted by molar-refractivity contribution is 7.10. The molecule has 0 saturated carbocycles. The van der Waals surface area contributed by atoms with E-state index in [4.69, 9.17) is 9.47 Å². The minimum Gasteiger partial charge on any atom is -0.490 e. The minimum atomic E-state index is 0.633. The molecule has 0 aliphatic carbocycles. The van der Waals surface area contributed by atoms with Crippen LogP contribution in [0.15, 0.2) is 11.4 Å². The lowest BCUT2D eigenvalue weighted by molar-refractivity contribution is 0.146. The van der Waals surface area contributed by atoms with Crippen molar-refractivity contribution in [2.24, 2.45) is 0 Å². The molecule has 0 N–H and O–H groups in total. The monoisotopic (exact) mass is 172 g/mol. The quantitative estimate of drug-likeness (QED) is 0.647. The van der Waals surface area contributed by atoms with Crippen molar-refractivity contribution in [3.05, 3.63) is 16.3 Å². The molecule has 1 aromatic rings. The van der Waals surface area contributed by atoms with Gasteiger partial charge in [0.05, 0.1) is 6.61 Å². The third kappa shape index (κ3) is 2.52. The van der Waals surface area contributed by atoms with Crippen LogP contribution in [0.1, 0.15) is 4.88 Å². The number of rotatable bonds is 4. The number of aryl methyl sites for hydroxylation is 1. The lowest BCUT2D eigenvalue weighted by Crippen LogP contribution is -2.03. The van der Waals surface area contributed by atoms with Gasteiger partial charge in [0.2, 0.25) is 0 Å². The number of thiophene rings is 1. The van der Waals surface area contributed by atoms with E-state index in [-0.39, 0.29) is 0 Å². The van der Waals surface area contributed by atoms with Crippen molar-refractivity contribution in [3.63, 3.8) is 0 Å². The van der Waals surface area contributed by atoms with Crippen molar-refractivity contribution < 1.29 is 9.47 Å². The molecule has 3 heteroatoms. The molecule has 0 radical (unpaired) electrons. The molecule has 0 spiro atoms. The van der Waals surface area contributed by atoms with Crippen molar-refractivity contribution in [3.8, 4) is 5.75 Å². The van der Waals surface area contributed by atoms with Crippen molar-refractivity contribution in [2.75, 3.05) is 20.3 Å². The molecule has 0 aromatic carbocycles. The Bertz CT molecular complexity index is 208. The maximum Gasteiger partial charge on any atom is 0.132 e. The first kappa shape index (κ1) is 8.56. The van der Waals surface area contributed by atoms with E-state index in [1.807, 2.05) is 18.4 Å². The van der Waals surface area contributed by atoms with Gasteiger partial charge < -0.3 is 9.47 Å². The first-order valence-electron chi connectivity index (χ1n) is 3.50. The van der Waals surface area contributed by atoms with Gasteiger partial charge in [0.15, 0.2) is 0 Å². The summed E-state index contributed by atoms with van der Waals surface area (Å²) in [5.74, 6) is 0.979. The molecule has 1 heterocycles. The first-order valence-corrected chi connectivity index (χ1v) is 4.38. The number of ether oxygens (including phenoxy) is 2. The summed E-state index contributed by atoms with van der Waals surface area (Å²) in [4.78, 5) is 1.22. The Kier molecular flexibility index (Phi) is 3.39. The van der Waals surface area contributed by atoms with Crippen LogP contribution >= 0.6 is 11.3 Å². The van der Waals surface area contributed by atoms with Crippen LogP contribution in [-0.4, -0.2) is 20.3 Å². The molecule has 2 nitrogen and oxygen atoms in total. The van der Waals surface area contributed by atoms with E-state index >= 15 is 0 Å². The zero-order valence-corrected chi connectivity index (χ0v) is 7.61.